The molecule has 4 aromatic rings. The first-order chi connectivity index (χ1) is 13.3. The van der Waals surface area contributed by atoms with Crippen LogP contribution in [0, 0.1) is 0 Å². The molecule has 0 bridgehead atoms. The molecule has 6 nitrogen and oxygen atoms in total. The van der Waals surface area contributed by atoms with Crippen molar-refractivity contribution in [3.63, 3.8) is 0 Å². The standard InChI is InChI=1S/C19H16ClN5OS/c20-15-6-4-14(5-7-15)18-11-17(26-24-18)12-27-19-23-22-13-25(19)10-8-16-3-1-2-9-21-16/h1-7,9,11,13H,8,10,12H2. The molecule has 0 atom stereocenters. The molecule has 0 saturated heterocycles. The van der Waals surface area contributed by atoms with E-state index < -0.39 is 0 Å². The smallest absolute Gasteiger partial charge is 0.191 e. The molecular weight excluding hydrogens is 382 g/mol. The number of rotatable bonds is 7. The summed E-state index contributed by atoms with van der Waals surface area (Å²) in [6.45, 7) is 0.777. The zero-order valence-electron chi connectivity index (χ0n) is 14.3. The molecule has 3 aromatic heterocycles. The third-order valence-electron chi connectivity index (χ3n) is 3.96. The predicted octanol–water partition coefficient (Wildman–Crippen LogP) is 4.52. The normalized spacial score (nSPS) is 11.0. The van der Waals surface area contributed by atoms with Crippen LogP contribution in [-0.2, 0) is 18.7 Å². The molecule has 8 heteroatoms. The Hall–Kier alpha value is -2.64. The molecule has 0 unspecified atom stereocenters. The highest BCUT2D eigenvalue weighted by atomic mass is 35.5. The molecule has 0 aliphatic rings. The molecule has 4 rings (SSSR count). The average Bonchev–Trinajstić information content (AvgIpc) is 3.35. The summed E-state index contributed by atoms with van der Waals surface area (Å²) in [5.41, 5.74) is 2.81. The van der Waals surface area contributed by atoms with Crippen LogP contribution in [0.15, 0.2) is 70.7 Å². The van der Waals surface area contributed by atoms with Crippen molar-refractivity contribution in [2.45, 2.75) is 23.9 Å². The second kappa shape index (κ2) is 8.37. The summed E-state index contributed by atoms with van der Waals surface area (Å²) in [4.78, 5) is 4.35. The van der Waals surface area contributed by atoms with Gasteiger partial charge in [-0.15, -0.1) is 10.2 Å². The first kappa shape index (κ1) is 17.8. The minimum absolute atomic E-state index is 0.628. The highest BCUT2D eigenvalue weighted by molar-refractivity contribution is 7.98. The summed E-state index contributed by atoms with van der Waals surface area (Å²) in [5, 5.41) is 13.9. The van der Waals surface area contributed by atoms with Crippen molar-refractivity contribution in [2.24, 2.45) is 0 Å². The maximum atomic E-state index is 5.92. The average molecular weight is 398 g/mol. The van der Waals surface area contributed by atoms with Crippen molar-refractivity contribution in [1.82, 2.24) is 24.9 Å². The lowest BCUT2D eigenvalue weighted by Gasteiger charge is -2.05. The molecule has 0 spiro atoms. The Morgan fingerprint density at radius 1 is 1.11 bits per heavy atom. The van der Waals surface area contributed by atoms with Gasteiger partial charge in [0.15, 0.2) is 5.16 Å². The lowest BCUT2D eigenvalue weighted by molar-refractivity contribution is 0.397. The number of aromatic nitrogens is 5. The van der Waals surface area contributed by atoms with Gasteiger partial charge in [0.25, 0.3) is 0 Å². The van der Waals surface area contributed by atoms with Crippen molar-refractivity contribution in [1.29, 1.82) is 0 Å². The maximum absolute atomic E-state index is 5.92. The highest BCUT2D eigenvalue weighted by Gasteiger charge is 2.10. The van der Waals surface area contributed by atoms with Gasteiger partial charge < -0.3 is 9.09 Å². The van der Waals surface area contributed by atoms with Gasteiger partial charge >= 0.3 is 0 Å². The Bertz CT molecular complexity index is 1000. The number of nitrogens with zero attached hydrogens (tertiary/aromatic N) is 5. The van der Waals surface area contributed by atoms with Gasteiger partial charge in [-0.2, -0.15) is 0 Å². The second-order valence-electron chi connectivity index (χ2n) is 5.85. The van der Waals surface area contributed by atoms with Gasteiger partial charge in [0.1, 0.15) is 17.8 Å². The summed E-state index contributed by atoms with van der Waals surface area (Å²) < 4.78 is 7.47. The number of pyridine rings is 1. The first-order valence-corrected chi connectivity index (χ1v) is 9.76. The summed E-state index contributed by atoms with van der Waals surface area (Å²) in [6, 6.07) is 15.4. The molecule has 0 radical (unpaired) electrons. The van der Waals surface area contributed by atoms with E-state index in [0.717, 1.165) is 40.8 Å². The Balaban J connectivity index is 1.37. The fourth-order valence-corrected chi connectivity index (χ4v) is 3.51. The van der Waals surface area contributed by atoms with Crippen LogP contribution < -0.4 is 0 Å². The molecule has 136 valence electrons. The second-order valence-corrected chi connectivity index (χ2v) is 7.23. The number of halogens is 1. The number of benzene rings is 1. The molecule has 0 amide bonds. The minimum atomic E-state index is 0.628. The van der Waals surface area contributed by atoms with Gasteiger partial charge in [0.05, 0.1) is 5.75 Å². The van der Waals surface area contributed by atoms with Crippen molar-refractivity contribution in [3.05, 3.63) is 77.5 Å². The molecule has 0 saturated carbocycles. The van der Waals surface area contributed by atoms with Crippen molar-refractivity contribution >= 4 is 23.4 Å². The van der Waals surface area contributed by atoms with Gasteiger partial charge in [-0.3, -0.25) is 4.98 Å². The van der Waals surface area contributed by atoms with E-state index in [2.05, 4.69) is 20.3 Å². The lowest BCUT2D eigenvalue weighted by atomic mass is 10.1. The Labute approximate surface area is 165 Å². The topological polar surface area (TPSA) is 69.6 Å². The summed E-state index contributed by atoms with van der Waals surface area (Å²) in [7, 11) is 0. The van der Waals surface area contributed by atoms with Crippen LogP contribution in [0.5, 0.6) is 0 Å². The van der Waals surface area contributed by atoms with E-state index in [1.54, 1.807) is 24.3 Å². The van der Waals surface area contributed by atoms with E-state index in [1.807, 2.05) is 53.1 Å². The lowest BCUT2D eigenvalue weighted by Crippen LogP contribution is -2.03. The molecule has 1 aromatic carbocycles. The van der Waals surface area contributed by atoms with Gasteiger partial charge in [-0.25, -0.2) is 0 Å². The van der Waals surface area contributed by atoms with Crippen LogP contribution in [-0.4, -0.2) is 24.9 Å². The van der Waals surface area contributed by atoms with Crippen LogP contribution in [0.1, 0.15) is 11.5 Å². The molecule has 0 aliphatic heterocycles. The van der Waals surface area contributed by atoms with Gasteiger partial charge in [0.2, 0.25) is 0 Å². The summed E-state index contributed by atoms with van der Waals surface area (Å²) >= 11 is 7.49. The number of hydrogen-bond acceptors (Lipinski definition) is 6. The zero-order chi connectivity index (χ0) is 18.5. The SMILES string of the molecule is Clc1ccc(-c2cc(CSc3nncn3CCc3ccccn3)on2)cc1. The number of hydrogen-bond donors (Lipinski definition) is 0. The third kappa shape index (κ3) is 4.56. The molecule has 0 N–H and O–H groups in total. The Morgan fingerprint density at radius 3 is 2.81 bits per heavy atom. The van der Waals surface area contributed by atoms with Crippen LogP contribution >= 0.6 is 23.4 Å². The van der Waals surface area contributed by atoms with E-state index in [0.29, 0.717) is 10.8 Å². The van der Waals surface area contributed by atoms with Crippen LogP contribution in [0.4, 0.5) is 0 Å². The number of aryl methyl sites for hydroxylation is 2. The van der Waals surface area contributed by atoms with Crippen molar-refractivity contribution < 1.29 is 4.52 Å². The maximum Gasteiger partial charge on any atom is 0.191 e. The first-order valence-electron chi connectivity index (χ1n) is 8.40. The molecule has 0 fully saturated rings. The number of thioether (sulfide) groups is 1. The predicted molar refractivity (Wildman–Crippen MR) is 104 cm³/mol. The van der Waals surface area contributed by atoms with Crippen LogP contribution in [0.25, 0.3) is 11.3 Å². The van der Waals surface area contributed by atoms with Crippen LogP contribution in [0.2, 0.25) is 5.02 Å². The van der Waals surface area contributed by atoms with E-state index in [1.165, 1.54) is 0 Å². The molecule has 27 heavy (non-hydrogen) atoms. The Kier molecular flexibility index (Phi) is 5.50. The molecular formula is C19H16ClN5OS. The third-order valence-corrected chi connectivity index (χ3v) is 5.21. The minimum Gasteiger partial charge on any atom is -0.360 e. The van der Waals surface area contributed by atoms with Gasteiger partial charge in [0, 0.05) is 41.5 Å². The molecule has 0 aliphatic carbocycles. The fraction of sp³-hybridized carbons (Fsp3) is 0.158. The van der Waals surface area contributed by atoms with Crippen molar-refractivity contribution in [2.75, 3.05) is 0 Å². The zero-order valence-corrected chi connectivity index (χ0v) is 15.9. The van der Waals surface area contributed by atoms with Crippen molar-refractivity contribution in [3.8, 4) is 11.3 Å². The van der Waals surface area contributed by atoms with Gasteiger partial charge in [-0.05, 0) is 24.3 Å². The Morgan fingerprint density at radius 2 is 2.00 bits per heavy atom. The fourth-order valence-electron chi connectivity index (χ4n) is 2.56. The quantitative estimate of drug-likeness (QED) is 0.427. The van der Waals surface area contributed by atoms with E-state index in [4.69, 9.17) is 16.1 Å². The van der Waals surface area contributed by atoms with E-state index >= 15 is 0 Å². The largest absolute Gasteiger partial charge is 0.360 e. The molecule has 3 heterocycles. The monoisotopic (exact) mass is 397 g/mol. The van der Waals surface area contributed by atoms with E-state index in [9.17, 15) is 0 Å². The summed E-state index contributed by atoms with van der Waals surface area (Å²) in [6.07, 6.45) is 4.37. The van der Waals surface area contributed by atoms with E-state index in [-0.39, 0.29) is 0 Å². The highest BCUT2D eigenvalue weighted by Crippen LogP contribution is 2.25. The van der Waals surface area contributed by atoms with Gasteiger partial charge in [-0.1, -0.05) is 46.7 Å². The summed E-state index contributed by atoms with van der Waals surface area (Å²) in [5.74, 6) is 1.41. The van der Waals surface area contributed by atoms with Crippen LogP contribution in [0.3, 0.4) is 0 Å².